The minimum atomic E-state index is -0.158. The molecule has 1 rings (SSSR count). The molecule has 1 aromatic rings. The summed E-state index contributed by atoms with van der Waals surface area (Å²) < 4.78 is 5.20. The lowest BCUT2D eigenvalue weighted by Crippen LogP contribution is -2.36. The van der Waals surface area contributed by atoms with Gasteiger partial charge in [0.25, 0.3) is 5.91 Å². The standard InChI is InChI=1S/C13H20N2O2/c1-9(2)10-6-7-12(17-5)11(8-10)13(16)14-15(3)4/h6-9H,1-5H3,(H,14,16). The third kappa shape index (κ3) is 3.46. The van der Waals surface area contributed by atoms with Crippen LogP contribution in [0, 0.1) is 0 Å². The van der Waals surface area contributed by atoms with Gasteiger partial charge in [0.05, 0.1) is 12.7 Å². The van der Waals surface area contributed by atoms with Crippen LogP contribution in [0.4, 0.5) is 0 Å². The van der Waals surface area contributed by atoms with Crippen molar-refractivity contribution >= 4 is 5.91 Å². The van der Waals surface area contributed by atoms with E-state index in [2.05, 4.69) is 19.3 Å². The number of methoxy groups -OCH3 is 1. The monoisotopic (exact) mass is 236 g/mol. The molecule has 0 saturated heterocycles. The highest BCUT2D eigenvalue weighted by Crippen LogP contribution is 2.24. The van der Waals surface area contributed by atoms with E-state index < -0.39 is 0 Å². The van der Waals surface area contributed by atoms with Crippen LogP contribution in [0.2, 0.25) is 0 Å². The van der Waals surface area contributed by atoms with Gasteiger partial charge in [-0.3, -0.25) is 10.2 Å². The predicted octanol–water partition coefficient (Wildman–Crippen LogP) is 2.02. The molecule has 0 radical (unpaired) electrons. The first-order valence-electron chi connectivity index (χ1n) is 5.62. The topological polar surface area (TPSA) is 41.6 Å². The van der Waals surface area contributed by atoms with Gasteiger partial charge in [0.15, 0.2) is 0 Å². The minimum Gasteiger partial charge on any atom is -0.496 e. The van der Waals surface area contributed by atoms with Gasteiger partial charge in [-0.2, -0.15) is 0 Å². The molecule has 17 heavy (non-hydrogen) atoms. The molecule has 1 N–H and O–H groups in total. The fraction of sp³-hybridized carbons (Fsp3) is 0.462. The summed E-state index contributed by atoms with van der Waals surface area (Å²) in [6.07, 6.45) is 0. The lowest BCUT2D eigenvalue weighted by Gasteiger charge is -2.15. The summed E-state index contributed by atoms with van der Waals surface area (Å²) in [5, 5.41) is 1.61. The van der Waals surface area contributed by atoms with E-state index in [4.69, 9.17) is 4.74 Å². The molecular formula is C13H20N2O2. The van der Waals surface area contributed by atoms with E-state index in [1.165, 1.54) is 0 Å². The first-order chi connectivity index (χ1) is 7.95. The summed E-state index contributed by atoms with van der Waals surface area (Å²) in [7, 11) is 5.12. The van der Waals surface area contributed by atoms with Gasteiger partial charge in [0, 0.05) is 14.1 Å². The van der Waals surface area contributed by atoms with E-state index in [-0.39, 0.29) is 5.91 Å². The van der Waals surface area contributed by atoms with Crippen molar-refractivity contribution in [3.8, 4) is 5.75 Å². The van der Waals surface area contributed by atoms with Crippen molar-refractivity contribution < 1.29 is 9.53 Å². The summed E-state index contributed by atoms with van der Waals surface area (Å²) in [5.74, 6) is 0.815. The third-order valence-electron chi connectivity index (χ3n) is 2.46. The number of hydrogen-bond acceptors (Lipinski definition) is 3. The van der Waals surface area contributed by atoms with Crippen molar-refractivity contribution in [2.45, 2.75) is 19.8 Å². The molecule has 0 aliphatic heterocycles. The molecule has 0 atom stereocenters. The second-order valence-electron chi connectivity index (χ2n) is 4.45. The molecule has 0 fully saturated rings. The Kier molecular flexibility index (Phi) is 4.52. The van der Waals surface area contributed by atoms with Crippen LogP contribution in [0.15, 0.2) is 18.2 Å². The number of hydrogen-bond donors (Lipinski definition) is 1. The molecule has 0 saturated carbocycles. The largest absolute Gasteiger partial charge is 0.496 e. The highest BCUT2D eigenvalue weighted by molar-refractivity contribution is 5.96. The average molecular weight is 236 g/mol. The average Bonchev–Trinajstić information content (AvgIpc) is 2.27. The van der Waals surface area contributed by atoms with E-state index in [1.54, 1.807) is 26.2 Å². The number of nitrogens with one attached hydrogen (secondary N) is 1. The summed E-state index contributed by atoms with van der Waals surface area (Å²) in [5.41, 5.74) is 4.40. The van der Waals surface area contributed by atoms with Gasteiger partial charge in [-0.15, -0.1) is 0 Å². The molecule has 0 unspecified atom stereocenters. The highest BCUT2D eigenvalue weighted by Gasteiger charge is 2.14. The van der Waals surface area contributed by atoms with E-state index in [1.807, 2.05) is 18.2 Å². The SMILES string of the molecule is COc1ccc(C(C)C)cc1C(=O)NN(C)C. The first kappa shape index (κ1) is 13.5. The molecule has 0 aliphatic carbocycles. The second-order valence-corrected chi connectivity index (χ2v) is 4.45. The molecule has 4 heteroatoms. The zero-order valence-corrected chi connectivity index (χ0v) is 11.1. The molecule has 0 aliphatic rings. The van der Waals surface area contributed by atoms with Crippen molar-refractivity contribution in [1.82, 2.24) is 10.4 Å². The number of rotatable bonds is 4. The van der Waals surface area contributed by atoms with Gasteiger partial charge in [-0.1, -0.05) is 19.9 Å². The van der Waals surface area contributed by atoms with Crippen LogP contribution >= 0.6 is 0 Å². The van der Waals surface area contributed by atoms with Crippen molar-refractivity contribution in [3.05, 3.63) is 29.3 Å². The summed E-state index contributed by atoms with van der Waals surface area (Å²) in [6, 6.07) is 5.69. The Morgan fingerprint density at radius 1 is 1.35 bits per heavy atom. The Labute approximate surface area is 103 Å². The van der Waals surface area contributed by atoms with Crippen molar-refractivity contribution in [2.24, 2.45) is 0 Å². The maximum Gasteiger partial charge on any atom is 0.269 e. The maximum absolute atomic E-state index is 12.0. The van der Waals surface area contributed by atoms with Crippen molar-refractivity contribution in [2.75, 3.05) is 21.2 Å². The van der Waals surface area contributed by atoms with Crippen LogP contribution < -0.4 is 10.2 Å². The Morgan fingerprint density at radius 2 is 2.00 bits per heavy atom. The minimum absolute atomic E-state index is 0.158. The number of ether oxygens (including phenoxy) is 1. The molecule has 94 valence electrons. The molecule has 1 aromatic carbocycles. The normalized spacial score (nSPS) is 10.8. The number of carbonyl (C=O) groups is 1. The van der Waals surface area contributed by atoms with Gasteiger partial charge in [0.2, 0.25) is 0 Å². The third-order valence-corrected chi connectivity index (χ3v) is 2.46. The Balaban J connectivity index is 3.09. The summed E-state index contributed by atoms with van der Waals surface area (Å²) in [6.45, 7) is 4.19. The second kappa shape index (κ2) is 5.68. The van der Waals surface area contributed by atoms with Crippen LogP contribution in [-0.4, -0.2) is 32.1 Å². The highest BCUT2D eigenvalue weighted by atomic mass is 16.5. The maximum atomic E-state index is 12.0. The zero-order chi connectivity index (χ0) is 13.0. The quantitative estimate of drug-likeness (QED) is 0.813. The Hall–Kier alpha value is -1.55. The molecule has 0 spiro atoms. The van der Waals surface area contributed by atoms with Crippen LogP contribution in [0.5, 0.6) is 5.75 Å². The molecule has 4 nitrogen and oxygen atoms in total. The lowest BCUT2D eigenvalue weighted by atomic mass is 10.00. The summed E-state index contributed by atoms with van der Waals surface area (Å²) in [4.78, 5) is 12.0. The predicted molar refractivity (Wildman–Crippen MR) is 68.2 cm³/mol. The van der Waals surface area contributed by atoms with Crippen LogP contribution in [0.25, 0.3) is 0 Å². The molecule has 0 aromatic heterocycles. The van der Waals surface area contributed by atoms with E-state index >= 15 is 0 Å². The van der Waals surface area contributed by atoms with Crippen LogP contribution in [0.1, 0.15) is 35.7 Å². The Morgan fingerprint density at radius 3 is 2.47 bits per heavy atom. The fourth-order valence-electron chi connectivity index (χ4n) is 1.53. The first-order valence-corrected chi connectivity index (χ1v) is 5.62. The van der Waals surface area contributed by atoms with Gasteiger partial charge < -0.3 is 4.74 Å². The molecule has 0 bridgehead atoms. The van der Waals surface area contributed by atoms with E-state index in [0.717, 1.165) is 5.56 Å². The van der Waals surface area contributed by atoms with Gasteiger partial charge in [-0.25, -0.2) is 5.01 Å². The lowest BCUT2D eigenvalue weighted by molar-refractivity contribution is 0.0853. The Bertz CT molecular complexity index is 400. The number of nitrogens with zero attached hydrogens (tertiary/aromatic N) is 1. The van der Waals surface area contributed by atoms with E-state index in [0.29, 0.717) is 17.2 Å². The van der Waals surface area contributed by atoms with Crippen LogP contribution in [0.3, 0.4) is 0 Å². The number of carbonyl (C=O) groups excluding carboxylic acids is 1. The molecular weight excluding hydrogens is 216 g/mol. The molecule has 0 heterocycles. The summed E-state index contributed by atoms with van der Waals surface area (Å²) >= 11 is 0. The van der Waals surface area contributed by atoms with Gasteiger partial charge >= 0.3 is 0 Å². The number of amides is 1. The van der Waals surface area contributed by atoms with Crippen LogP contribution in [-0.2, 0) is 0 Å². The number of benzene rings is 1. The van der Waals surface area contributed by atoms with Crippen molar-refractivity contribution in [3.63, 3.8) is 0 Å². The smallest absolute Gasteiger partial charge is 0.269 e. The number of hydrazine groups is 1. The fourth-order valence-corrected chi connectivity index (χ4v) is 1.53. The van der Waals surface area contributed by atoms with Gasteiger partial charge in [-0.05, 0) is 23.6 Å². The van der Waals surface area contributed by atoms with Gasteiger partial charge in [0.1, 0.15) is 5.75 Å². The molecule has 1 amide bonds. The van der Waals surface area contributed by atoms with E-state index in [9.17, 15) is 4.79 Å². The zero-order valence-electron chi connectivity index (χ0n) is 11.1. The van der Waals surface area contributed by atoms with Crippen molar-refractivity contribution in [1.29, 1.82) is 0 Å².